The maximum absolute atomic E-state index is 12.4. The number of fused-ring (bicyclic) bond motifs is 1. The van der Waals surface area contributed by atoms with Crippen molar-refractivity contribution in [1.82, 2.24) is 0 Å². The van der Waals surface area contributed by atoms with Gasteiger partial charge in [0.25, 0.3) is 0 Å². The Hall–Kier alpha value is -1.47. The molecule has 0 radical (unpaired) electrons. The van der Waals surface area contributed by atoms with Gasteiger partial charge in [0.2, 0.25) is 5.78 Å². The highest BCUT2D eigenvalue weighted by Crippen LogP contribution is 2.41. The van der Waals surface area contributed by atoms with E-state index in [-0.39, 0.29) is 5.78 Å². The number of methoxy groups -OCH3 is 2. The Balaban J connectivity index is 2.01. The first-order valence-corrected chi connectivity index (χ1v) is 8.48. The molecule has 2 aromatic carbocycles. The Morgan fingerprint density at radius 2 is 1.91 bits per heavy atom. The third-order valence-corrected chi connectivity index (χ3v) is 5.23. The first kappa shape index (κ1) is 15.4. The molecule has 0 aromatic heterocycles. The first-order valence-electron chi connectivity index (χ1n) is 6.59. The first-order chi connectivity index (χ1) is 10.6. The molecule has 0 N–H and O–H groups in total. The van der Waals surface area contributed by atoms with Crippen molar-refractivity contribution in [2.24, 2.45) is 0 Å². The number of halogens is 1. The molecule has 22 heavy (non-hydrogen) atoms. The summed E-state index contributed by atoms with van der Waals surface area (Å²) in [5.74, 6) is 1.44. The monoisotopic (exact) mass is 424 g/mol. The molecule has 1 aliphatic rings. The van der Waals surface area contributed by atoms with Gasteiger partial charge in [-0.05, 0) is 58.5 Å². The van der Waals surface area contributed by atoms with Crippen LogP contribution in [0.5, 0.6) is 11.5 Å². The van der Waals surface area contributed by atoms with Crippen LogP contribution in [0.2, 0.25) is 0 Å². The maximum atomic E-state index is 12.4. The smallest absolute Gasteiger partial charge is 0.200 e. The zero-order valence-corrected chi connectivity index (χ0v) is 15.0. The second-order valence-electron chi connectivity index (χ2n) is 4.67. The highest BCUT2D eigenvalue weighted by atomic mass is 127. The zero-order valence-electron chi connectivity index (χ0n) is 12.1. The highest BCUT2D eigenvalue weighted by molar-refractivity contribution is 14.1. The molecular weight excluding hydrogens is 411 g/mol. The molecule has 0 amide bonds. The molecule has 0 saturated heterocycles. The Kier molecular flexibility index (Phi) is 4.44. The fourth-order valence-corrected chi connectivity index (χ4v) is 4.21. The van der Waals surface area contributed by atoms with Crippen molar-refractivity contribution in [3.63, 3.8) is 0 Å². The van der Waals surface area contributed by atoms with E-state index in [2.05, 4.69) is 22.6 Å². The topological polar surface area (TPSA) is 35.5 Å². The van der Waals surface area contributed by atoms with E-state index in [9.17, 15) is 4.79 Å². The maximum Gasteiger partial charge on any atom is 0.200 e. The fourth-order valence-electron chi connectivity index (χ4n) is 2.31. The summed E-state index contributed by atoms with van der Waals surface area (Å²) in [6, 6.07) is 11.5. The lowest BCUT2D eigenvalue weighted by molar-refractivity contribution is 0.104. The largest absolute Gasteiger partial charge is 0.493 e. The van der Waals surface area contributed by atoms with E-state index in [0.717, 1.165) is 24.5 Å². The zero-order chi connectivity index (χ0) is 15.7. The van der Waals surface area contributed by atoms with E-state index in [4.69, 9.17) is 9.47 Å². The average molecular weight is 424 g/mol. The van der Waals surface area contributed by atoms with Gasteiger partial charge in [-0.1, -0.05) is 23.9 Å². The van der Waals surface area contributed by atoms with Crippen LogP contribution in [-0.2, 0) is 0 Å². The predicted octanol–water partition coefficient (Wildman–Crippen LogP) is 4.64. The minimum Gasteiger partial charge on any atom is -0.493 e. The molecule has 3 nitrogen and oxygen atoms in total. The predicted molar refractivity (Wildman–Crippen MR) is 96.9 cm³/mol. The molecule has 0 aliphatic carbocycles. The summed E-state index contributed by atoms with van der Waals surface area (Å²) in [5.41, 5.74) is 1.69. The van der Waals surface area contributed by atoms with Gasteiger partial charge in [0.15, 0.2) is 11.5 Å². The van der Waals surface area contributed by atoms with Crippen LogP contribution in [-0.4, -0.2) is 20.0 Å². The van der Waals surface area contributed by atoms with E-state index in [1.807, 2.05) is 42.5 Å². The van der Waals surface area contributed by atoms with Crippen molar-refractivity contribution in [1.29, 1.82) is 0 Å². The molecule has 0 saturated carbocycles. The second-order valence-corrected chi connectivity index (χ2v) is 6.92. The summed E-state index contributed by atoms with van der Waals surface area (Å²) < 4.78 is 11.6. The van der Waals surface area contributed by atoms with E-state index in [1.54, 1.807) is 14.2 Å². The Morgan fingerprint density at radius 3 is 2.59 bits per heavy atom. The minimum atomic E-state index is 0.0744. The summed E-state index contributed by atoms with van der Waals surface area (Å²) in [5, 5.41) is 0. The van der Waals surface area contributed by atoms with Crippen molar-refractivity contribution < 1.29 is 14.3 Å². The van der Waals surface area contributed by atoms with Crippen LogP contribution in [0.1, 0.15) is 15.9 Å². The van der Waals surface area contributed by atoms with Crippen molar-refractivity contribution in [3.05, 3.63) is 56.0 Å². The molecule has 0 spiro atoms. The molecule has 0 bridgehead atoms. The Labute approximate surface area is 146 Å². The molecule has 1 aliphatic heterocycles. The van der Waals surface area contributed by atoms with E-state index < -0.39 is 0 Å². The number of hydrogen-bond donors (Lipinski definition) is 0. The lowest BCUT2D eigenvalue weighted by atomic mass is 10.1. The number of hydrogen-bond acceptors (Lipinski definition) is 4. The van der Waals surface area contributed by atoms with Crippen LogP contribution < -0.4 is 9.47 Å². The van der Waals surface area contributed by atoms with Gasteiger partial charge >= 0.3 is 0 Å². The molecule has 3 rings (SSSR count). The van der Waals surface area contributed by atoms with Crippen LogP contribution in [0.25, 0.3) is 6.08 Å². The molecule has 0 unspecified atom stereocenters. The standard InChI is InChI=1S/C17H13IO3S/c1-20-13-8-10(7-12(18)17(13)21-2)9-15-16(19)11-5-3-4-6-14(11)22-15/h3-9H,1-2H3/b15-9+. The normalized spacial score (nSPS) is 15.0. The number of rotatable bonds is 3. The number of thioether (sulfide) groups is 1. The van der Waals surface area contributed by atoms with Gasteiger partial charge in [-0.15, -0.1) is 0 Å². The second kappa shape index (κ2) is 6.34. The van der Waals surface area contributed by atoms with E-state index >= 15 is 0 Å². The van der Waals surface area contributed by atoms with Crippen LogP contribution in [0.3, 0.4) is 0 Å². The van der Waals surface area contributed by atoms with Crippen LogP contribution in [0.4, 0.5) is 0 Å². The highest BCUT2D eigenvalue weighted by Gasteiger charge is 2.25. The Bertz CT molecular complexity index is 783. The summed E-state index contributed by atoms with van der Waals surface area (Å²) in [7, 11) is 3.22. The van der Waals surface area contributed by atoms with Crippen LogP contribution >= 0.6 is 34.4 Å². The van der Waals surface area contributed by atoms with Gasteiger partial charge < -0.3 is 9.47 Å². The fraction of sp³-hybridized carbons (Fsp3) is 0.118. The Morgan fingerprint density at radius 1 is 1.14 bits per heavy atom. The average Bonchev–Trinajstić information content (AvgIpc) is 2.83. The number of Topliss-reactive ketones (excluding diaryl/α,β-unsaturated/α-hetero) is 1. The van der Waals surface area contributed by atoms with Gasteiger partial charge in [-0.3, -0.25) is 4.79 Å². The number of ether oxygens (including phenoxy) is 2. The summed E-state index contributed by atoms with van der Waals surface area (Å²) in [4.78, 5) is 14.2. The lowest BCUT2D eigenvalue weighted by Crippen LogP contribution is -1.96. The van der Waals surface area contributed by atoms with Crippen molar-refractivity contribution in [3.8, 4) is 11.5 Å². The SMILES string of the molecule is COc1cc(/C=C2/Sc3ccccc3C2=O)cc(I)c1OC. The summed E-state index contributed by atoms with van der Waals surface area (Å²) in [6.45, 7) is 0. The number of benzene rings is 2. The molecule has 112 valence electrons. The third-order valence-electron chi connectivity index (χ3n) is 3.33. The summed E-state index contributed by atoms with van der Waals surface area (Å²) >= 11 is 3.71. The lowest BCUT2D eigenvalue weighted by Gasteiger charge is -2.10. The van der Waals surface area contributed by atoms with Gasteiger partial charge in [0.1, 0.15) is 0 Å². The molecule has 2 aromatic rings. The number of allylic oxidation sites excluding steroid dienone is 1. The third kappa shape index (κ3) is 2.75. The molecule has 1 heterocycles. The van der Waals surface area contributed by atoms with Gasteiger partial charge in [-0.2, -0.15) is 0 Å². The van der Waals surface area contributed by atoms with E-state index in [1.165, 1.54) is 11.8 Å². The number of carbonyl (C=O) groups excluding carboxylic acids is 1. The molecule has 0 atom stereocenters. The summed E-state index contributed by atoms with van der Waals surface area (Å²) in [6.07, 6.45) is 1.90. The van der Waals surface area contributed by atoms with Gasteiger partial charge in [-0.25, -0.2) is 0 Å². The number of ketones is 1. The molecule has 0 fully saturated rings. The van der Waals surface area contributed by atoms with Crippen molar-refractivity contribution in [2.45, 2.75) is 4.90 Å². The van der Waals surface area contributed by atoms with Crippen molar-refractivity contribution in [2.75, 3.05) is 14.2 Å². The van der Waals surface area contributed by atoms with E-state index in [0.29, 0.717) is 11.5 Å². The van der Waals surface area contributed by atoms with Crippen molar-refractivity contribution >= 4 is 46.2 Å². The minimum absolute atomic E-state index is 0.0744. The van der Waals surface area contributed by atoms with Crippen LogP contribution in [0, 0.1) is 3.57 Å². The quantitative estimate of drug-likeness (QED) is 0.532. The molecule has 5 heteroatoms. The molecular formula is C17H13IO3S. The van der Waals surface area contributed by atoms with Crippen LogP contribution in [0.15, 0.2) is 46.2 Å². The number of carbonyl (C=O) groups is 1. The van der Waals surface area contributed by atoms with Gasteiger partial charge in [0.05, 0.1) is 22.7 Å². The van der Waals surface area contributed by atoms with Gasteiger partial charge in [0, 0.05) is 10.5 Å².